The third kappa shape index (κ3) is 7.14. The molecule has 1 aliphatic carbocycles. The minimum atomic E-state index is 0. The Labute approximate surface area is 181 Å². The van der Waals surface area contributed by atoms with Crippen LogP contribution in [-0.2, 0) is 0 Å². The van der Waals surface area contributed by atoms with Crippen LogP contribution in [0, 0.1) is 6.92 Å². The first-order valence-corrected chi connectivity index (χ1v) is 10.2. The fourth-order valence-electron chi connectivity index (χ4n) is 3.52. The Bertz CT molecular complexity index is 598. The van der Waals surface area contributed by atoms with Gasteiger partial charge in [-0.2, -0.15) is 0 Å². The van der Waals surface area contributed by atoms with E-state index in [1.165, 1.54) is 38.8 Å². The van der Waals surface area contributed by atoms with Crippen molar-refractivity contribution in [1.82, 2.24) is 15.5 Å². The normalized spacial score (nSPS) is 19.9. The van der Waals surface area contributed by atoms with Gasteiger partial charge in [0.05, 0.1) is 6.54 Å². The molecule has 0 amide bonds. The predicted octanol–water partition coefficient (Wildman–Crippen LogP) is 3.56. The second-order valence-corrected chi connectivity index (χ2v) is 7.60. The van der Waals surface area contributed by atoms with Crippen LogP contribution >= 0.6 is 24.0 Å². The minimum Gasteiger partial charge on any atom is -0.489 e. The van der Waals surface area contributed by atoms with E-state index in [0.717, 1.165) is 29.9 Å². The van der Waals surface area contributed by atoms with E-state index in [0.29, 0.717) is 12.6 Å². The molecule has 5 nitrogen and oxygen atoms in total. The molecule has 152 valence electrons. The van der Waals surface area contributed by atoms with Crippen molar-refractivity contribution in [3.8, 4) is 5.75 Å². The Morgan fingerprint density at radius 1 is 1.22 bits per heavy atom. The number of aliphatic imine (C=N–C) groups is 1. The molecule has 2 fully saturated rings. The highest BCUT2D eigenvalue weighted by Crippen LogP contribution is 2.29. The molecule has 1 saturated heterocycles. The van der Waals surface area contributed by atoms with E-state index in [-0.39, 0.29) is 30.1 Å². The third-order valence-corrected chi connectivity index (χ3v) is 5.21. The summed E-state index contributed by atoms with van der Waals surface area (Å²) < 4.78 is 6.04. The van der Waals surface area contributed by atoms with Gasteiger partial charge in [0.25, 0.3) is 0 Å². The molecular formula is C21H35IN4O. The van der Waals surface area contributed by atoms with Gasteiger partial charge in [0.2, 0.25) is 0 Å². The highest BCUT2D eigenvalue weighted by atomic mass is 127. The summed E-state index contributed by atoms with van der Waals surface area (Å²) in [5, 5.41) is 7.00. The zero-order valence-electron chi connectivity index (χ0n) is 16.9. The quantitative estimate of drug-likeness (QED) is 0.352. The van der Waals surface area contributed by atoms with Gasteiger partial charge in [-0.25, -0.2) is 4.99 Å². The number of nitrogens with zero attached hydrogens (tertiary/aromatic N) is 2. The second kappa shape index (κ2) is 11.1. The van der Waals surface area contributed by atoms with E-state index >= 15 is 0 Å². The number of ether oxygens (including phenoxy) is 1. The Kier molecular flexibility index (Phi) is 9.15. The zero-order valence-corrected chi connectivity index (χ0v) is 19.2. The van der Waals surface area contributed by atoms with Crippen molar-refractivity contribution < 1.29 is 4.74 Å². The molecule has 3 rings (SSSR count). The lowest BCUT2D eigenvalue weighted by Gasteiger charge is -2.33. The number of hydrogen-bond acceptors (Lipinski definition) is 3. The molecule has 1 unspecified atom stereocenters. The van der Waals surface area contributed by atoms with Crippen LogP contribution in [0.5, 0.6) is 5.75 Å². The molecule has 0 aromatic heterocycles. The average molecular weight is 486 g/mol. The van der Waals surface area contributed by atoms with E-state index < -0.39 is 0 Å². The first-order valence-electron chi connectivity index (χ1n) is 10.2. The Morgan fingerprint density at radius 3 is 2.56 bits per heavy atom. The van der Waals surface area contributed by atoms with Crippen LogP contribution in [0.2, 0.25) is 0 Å². The van der Waals surface area contributed by atoms with Gasteiger partial charge in [0, 0.05) is 31.7 Å². The lowest BCUT2D eigenvalue weighted by molar-refractivity contribution is 0.197. The lowest BCUT2D eigenvalue weighted by Crippen LogP contribution is -2.49. The van der Waals surface area contributed by atoms with E-state index in [1.807, 2.05) is 18.2 Å². The Balaban J connectivity index is 0.00000261. The number of piperidine rings is 1. The van der Waals surface area contributed by atoms with E-state index in [9.17, 15) is 0 Å². The smallest absolute Gasteiger partial charge is 0.191 e. The average Bonchev–Trinajstić information content (AvgIpc) is 3.48. The second-order valence-electron chi connectivity index (χ2n) is 7.60. The summed E-state index contributed by atoms with van der Waals surface area (Å²) in [5.41, 5.74) is 1.16. The minimum absolute atomic E-state index is 0. The van der Waals surface area contributed by atoms with Crippen LogP contribution in [0.1, 0.15) is 45.1 Å². The van der Waals surface area contributed by atoms with Crippen molar-refractivity contribution >= 4 is 29.9 Å². The maximum absolute atomic E-state index is 6.04. The van der Waals surface area contributed by atoms with Crippen LogP contribution in [0.25, 0.3) is 0 Å². The maximum Gasteiger partial charge on any atom is 0.191 e. The summed E-state index contributed by atoms with van der Waals surface area (Å²) in [7, 11) is 0. The Morgan fingerprint density at radius 2 is 1.93 bits per heavy atom. The number of aryl methyl sites for hydroxylation is 1. The number of likely N-dealkylation sites (tertiary alicyclic amines) is 1. The summed E-state index contributed by atoms with van der Waals surface area (Å²) in [6.07, 6.45) is 5.26. The first kappa shape index (κ1) is 22.3. The van der Waals surface area contributed by atoms with Crippen molar-refractivity contribution in [2.75, 3.05) is 26.2 Å². The summed E-state index contributed by atoms with van der Waals surface area (Å²) in [6, 6.07) is 9.55. The maximum atomic E-state index is 6.04. The number of benzene rings is 1. The van der Waals surface area contributed by atoms with Gasteiger partial charge in [0.15, 0.2) is 5.96 Å². The molecule has 1 heterocycles. The van der Waals surface area contributed by atoms with Crippen LogP contribution in [0.3, 0.4) is 0 Å². The summed E-state index contributed by atoms with van der Waals surface area (Å²) in [4.78, 5) is 7.41. The van der Waals surface area contributed by atoms with Gasteiger partial charge in [-0.05, 0) is 58.1 Å². The first-order chi connectivity index (χ1) is 12.7. The van der Waals surface area contributed by atoms with Crippen LogP contribution in [0.15, 0.2) is 29.3 Å². The molecule has 6 heteroatoms. The number of rotatable bonds is 7. The molecule has 0 bridgehead atoms. The van der Waals surface area contributed by atoms with Gasteiger partial charge in [0.1, 0.15) is 11.9 Å². The van der Waals surface area contributed by atoms with Crippen molar-refractivity contribution in [1.29, 1.82) is 0 Å². The van der Waals surface area contributed by atoms with Crippen molar-refractivity contribution in [3.05, 3.63) is 29.8 Å². The zero-order chi connectivity index (χ0) is 18.4. The molecule has 2 aliphatic rings. The van der Waals surface area contributed by atoms with Gasteiger partial charge in [-0.3, -0.25) is 0 Å². The molecule has 1 aromatic carbocycles. The summed E-state index contributed by atoms with van der Waals surface area (Å²) in [5.74, 6) is 1.86. The van der Waals surface area contributed by atoms with Gasteiger partial charge >= 0.3 is 0 Å². The predicted molar refractivity (Wildman–Crippen MR) is 123 cm³/mol. The number of nitrogens with one attached hydrogen (secondary N) is 2. The molecule has 0 radical (unpaired) electrons. The van der Waals surface area contributed by atoms with Crippen LogP contribution in [-0.4, -0.2) is 55.2 Å². The molecule has 1 aromatic rings. The summed E-state index contributed by atoms with van der Waals surface area (Å²) in [6.45, 7) is 10.2. The molecule has 27 heavy (non-hydrogen) atoms. The highest BCUT2D eigenvalue weighted by Gasteiger charge is 2.31. The number of guanidine groups is 1. The monoisotopic (exact) mass is 486 g/mol. The molecule has 2 N–H and O–H groups in total. The van der Waals surface area contributed by atoms with Gasteiger partial charge in [-0.1, -0.05) is 18.2 Å². The standard InChI is InChI=1S/C21H34N4O.HI/c1-4-22-21(24-18-11-13-25(14-12-18)19-9-10-19)23-15-17(3)26-20-8-6-5-7-16(20)2;/h5-8,17-19H,4,9-15H2,1-3H3,(H2,22,23,24);1H. The largest absolute Gasteiger partial charge is 0.489 e. The number of hydrogen-bond donors (Lipinski definition) is 2. The molecule has 0 spiro atoms. The van der Waals surface area contributed by atoms with Gasteiger partial charge in [-0.15, -0.1) is 24.0 Å². The fraction of sp³-hybridized carbons (Fsp3) is 0.667. The van der Waals surface area contributed by atoms with Crippen LogP contribution < -0.4 is 15.4 Å². The van der Waals surface area contributed by atoms with Gasteiger partial charge < -0.3 is 20.3 Å². The number of halogens is 1. The third-order valence-electron chi connectivity index (χ3n) is 5.21. The summed E-state index contributed by atoms with van der Waals surface area (Å²) >= 11 is 0. The SMILES string of the molecule is CCNC(=NCC(C)Oc1ccccc1C)NC1CCN(C2CC2)CC1.I. The molecule has 1 atom stereocenters. The fourth-order valence-corrected chi connectivity index (χ4v) is 3.52. The van der Waals surface area contributed by atoms with Crippen molar-refractivity contribution in [2.24, 2.45) is 4.99 Å². The Hall–Kier alpha value is -1.02. The van der Waals surface area contributed by atoms with E-state index in [4.69, 9.17) is 9.73 Å². The molecular weight excluding hydrogens is 451 g/mol. The topological polar surface area (TPSA) is 48.9 Å². The van der Waals surface area contributed by atoms with Crippen LogP contribution in [0.4, 0.5) is 0 Å². The molecule has 1 saturated carbocycles. The molecule has 1 aliphatic heterocycles. The van der Waals surface area contributed by atoms with E-state index in [2.05, 4.69) is 42.4 Å². The van der Waals surface area contributed by atoms with E-state index in [1.54, 1.807) is 0 Å². The lowest BCUT2D eigenvalue weighted by atomic mass is 10.1. The van der Waals surface area contributed by atoms with Crippen molar-refractivity contribution in [3.63, 3.8) is 0 Å². The van der Waals surface area contributed by atoms with Crippen molar-refractivity contribution in [2.45, 2.75) is 64.6 Å². The number of para-hydroxylation sites is 1. The highest BCUT2D eigenvalue weighted by molar-refractivity contribution is 14.0.